The smallest absolute Gasteiger partial charge is 0.309 e. The molecule has 20 heavy (non-hydrogen) atoms. The third-order valence-corrected chi connectivity index (χ3v) is 7.51. The lowest BCUT2D eigenvalue weighted by Gasteiger charge is -2.39. The van der Waals surface area contributed by atoms with Crippen LogP contribution >= 0.6 is 0 Å². The first-order chi connectivity index (χ1) is 9.18. The Labute approximate surface area is 123 Å². The molecule has 0 N–H and O–H groups in total. The minimum Gasteiger partial charge on any atom is -0.462 e. The zero-order chi connectivity index (χ0) is 14.8. The Morgan fingerprint density at radius 2 is 1.75 bits per heavy atom. The maximum atomic E-state index is 12.6. The van der Waals surface area contributed by atoms with Gasteiger partial charge >= 0.3 is 5.97 Å². The van der Waals surface area contributed by atoms with Crippen LogP contribution in [0.1, 0.15) is 73.1 Å². The van der Waals surface area contributed by atoms with Crippen molar-refractivity contribution < 1.29 is 9.53 Å². The standard InChI is InChI=1S/C18H30O2/c1-16(2)9-6-7-13(16)15(19)20-14-11-12-8-10-18(14,5)17(12,3)4/h12-14H,6-11H2,1-5H3. The minimum absolute atomic E-state index is 0.0853. The monoisotopic (exact) mass is 278 g/mol. The zero-order valence-corrected chi connectivity index (χ0v) is 13.8. The predicted molar refractivity (Wildman–Crippen MR) is 80.2 cm³/mol. The maximum absolute atomic E-state index is 12.6. The van der Waals surface area contributed by atoms with Crippen LogP contribution in [0.4, 0.5) is 0 Å². The molecule has 2 heteroatoms. The second-order valence-corrected chi connectivity index (χ2v) is 8.97. The number of esters is 1. The molecule has 0 amide bonds. The Bertz CT molecular complexity index is 423. The third-order valence-electron chi connectivity index (χ3n) is 7.51. The molecule has 0 saturated heterocycles. The summed E-state index contributed by atoms with van der Waals surface area (Å²) in [4.78, 5) is 12.6. The number of hydrogen-bond acceptors (Lipinski definition) is 2. The first-order valence-corrected chi connectivity index (χ1v) is 8.39. The fourth-order valence-corrected chi connectivity index (χ4v) is 5.29. The van der Waals surface area contributed by atoms with Crippen LogP contribution in [0.25, 0.3) is 0 Å². The number of ether oxygens (including phenoxy) is 1. The molecule has 2 bridgehead atoms. The first kappa shape index (κ1) is 14.4. The summed E-state index contributed by atoms with van der Waals surface area (Å²) in [5.74, 6) is 0.942. The lowest BCUT2D eigenvalue weighted by Crippen LogP contribution is -2.40. The van der Waals surface area contributed by atoms with E-state index in [1.165, 1.54) is 19.3 Å². The fraction of sp³-hybridized carbons (Fsp3) is 0.944. The summed E-state index contributed by atoms with van der Waals surface area (Å²) in [7, 11) is 0. The Balaban J connectivity index is 1.72. The second kappa shape index (κ2) is 4.24. The molecule has 114 valence electrons. The molecule has 4 atom stereocenters. The average Bonchev–Trinajstić information content (AvgIpc) is 2.86. The summed E-state index contributed by atoms with van der Waals surface area (Å²) < 4.78 is 6.06. The molecular formula is C18H30O2. The molecule has 0 aromatic heterocycles. The summed E-state index contributed by atoms with van der Waals surface area (Å²) in [5, 5.41) is 0. The van der Waals surface area contributed by atoms with Crippen LogP contribution in [0.5, 0.6) is 0 Å². The van der Waals surface area contributed by atoms with Crippen LogP contribution in [0.15, 0.2) is 0 Å². The minimum atomic E-state index is 0.0853. The van der Waals surface area contributed by atoms with Gasteiger partial charge < -0.3 is 4.74 Å². The van der Waals surface area contributed by atoms with Gasteiger partial charge in [-0.1, -0.05) is 41.0 Å². The highest BCUT2D eigenvalue weighted by molar-refractivity contribution is 5.74. The fourth-order valence-electron chi connectivity index (χ4n) is 5.29. The molecule has 0 radical (unpaired) electrons. The second-order valence-electron chi connectivity index (χ2n) is 8.97. The SMILES string of the molecule is CC1(C)CCCC1C(=O)OC1CC2CCC1(C)C2(C)C. The Morgan fingerprint density at radius 1 is 1.05 bits per heavy atom. The maximum Gasteiger partial charge on any atom is 0.309 e. The predicted octanol–water partition coefficient (Wildman–Crippen LogP) is 4.57. The van der Waals surface area contributed by atoms with Gasteiger partial charge in [-0.3, -0.25) is 4.79 Å². The number of rotatable bonds is 2. The van der Waals surface area contributed by atoms with Crippen molar-refractivity contribution in [1.82, 2.24) is 0 Å². The van der Waals surface area contributed by atoms with Crippen molar-refractivity contribution in [1.29, 1.82) is 0 Å². The summed E-state index contributed by atoms with van der Waals surface area (Å²) in [6.07, 6.45) is 7.11. The lowest BCUT2D eigenvalue weighted by molar-refractivity contribution is -0.165. The van der Waals surface area contributed by atoms with Gasteiger partial charge in [0.05, 0.1) is 5.92 Å². The van der Waals surface area contributed by atoms with Gasteiger partial charge in [0, 0.05) is 5.41 Å². The molecule has 0 heterocycles. The molecular weight excluding hydrogens is 248 g/mol. The zero-order valence-electron chi connectivity index (χ0n) is 13.8. The molecule has 3 aliphatic carbocycles. The van der Waals surface area contributed by atoms with E-state index in [1.54, 1.807) is 0 Å². The Hall–Kier alpha value is -0.530. The van der Waals surface area contributed by atoms with Gasteiger partial charge in [-0.15, -0.1) is 0 Å². The van der Waals surface area contributed by atoms with E-state index in [-0.39, 0.29) is 28.8 Å². The van der Waals surface area contributed by atoms with Crippen molar-refractivity contribution in [2.24, 2.45) is 28.1 Å². The van der Waals surface area contributed by atoms with E-state index in [9.17, 15) is 4.79 Å². The van der Waals surface area contributed by atoms with Crippen LogP contribution in [0.3, 0.4) is 0 Å². The van der Waals surface area contributed by atoms with Gasteiger partial charge in [0.15, 0.2) is 0 Å². The van der Waals surface area contributed by atoms with E-state index in [0.717, 1.165) is 25.2 Å². The van der Waals surface area contributed by atoms with E-state index in [4.69, 9.17) is 4.74 Å². The quantitative estimate of drug-likeness (QED) is 0.692. The van der Waals surface area contributed by atoms with Crippen molar-refractivity contribution in [2.45, 2.75) is 79.2 Å². The molecule has 3 aliphatic rings. The van der Waals surface area contributed by atoms with E-state index in [2.05, 4.69) is 34.6 Å². The van der Waals surface area contributed by atoms with Gasteiger partial charge in [0.2, 0.25) is 0 Å². The number of hydrogen-bond donors (Lipinski definition) is 0. The Morgan fingerprint density at radius 3 is 2.20 bits per heavy atom. The Kier molecular flexibility index (Phi) is 3.05. The van der Waals surface area contributed by atoms with Gasteiger partial charge in [0.25, 0.3) is 0 Å². The highest BCUT2D eigenvalue weighted by atomic mass is 16.5. The molecule has 0 aliphatic heterocycles. The molecule has 3 fully saturated rings. The summed E-state index contributed by atoms with van der Waals surface area (Å²) >= 11 is 0. The topological polar surface area (TPSA) is 26.3 Å². The first-order valence-electron chi connectivity index (χ1n) is 8.39. The number of carbonyl (C=O) groups excluding carboxylic acids is 1. The molecule has 4 unspecified atom stereocenters. The third kappa shape index (κ3) is 1.79. The van der Waals surface area contributed by atoms with Crippen LogP contribution in [0.2, 0.25) is 0 Å². The van der Waals surface area contributed by atoms with Gasteiger partial charge in [-0.25, -0.2) is 0 Å². The number of fused-ring (bicyclic) bond motifs is 2. The summed E-state index contributed by atoms with van der Waals surface area (Å²) in [6, 6.07) is 0. The molecule has 3 saturated carbocycles. The lowest BCUT2D eigenvalue weighted by atomic mass is 9.70. The number of carbonyl (C=O) groups is 1. The highest BCUT2D eigenvalue weighted by Gasteiger charge is 2.63. The average molecular weight is 278 g/mol. The largest absolute Gasteiger partial charge is 0.462 e. The van der Waals surface area contributed by atoms with Crippen LogP contribution in [0, 0.1) is 28.1 Å². The van der Waals surface area contributed by atoms with E-state index < -0.39 is 0 Å². The summed E-state index contributed by atoms with van der Waals surface area (Å²) in [5.41, 5.74) is 0.643. The normalized spacial score (nSPS) is 44.8. The van der Waals surface area contributed by atoms with Crippen molar-refractivity contribution in [3.8, 4) is 0 Å². The summed E-state index contributed by atoms with van der Waals surface area (Å²) in [6.45, 7) is 11.5. The van der Waals surface area contributed by atoms with Crippen molar-refractivity contribution >= 4 is 5.97 Å². The van der Waals surface area contributed by atoms with Gasteiger partial charge in [-0.05, 0) is 48.9 Å². The molecule has 2 nitrogen and oxygen atoms in total. The van der Waals surface area contributed by atoms with Crippen LogP contribution < -0.4 is 0 Å². The molecule has 3 rings (SSSR count). The molecule has 0 aromatic carbocycles. The van der Waals surface area contributed by atoms with Crippen molar-refractivity contribution in [3.63, 3.8) is 0 Å². The molecule has 0 spiro atoms. The van der Waals surface area contributed by atoms with Gasteiger partial charge in [-0.2, -0.15) is 0 Å². The van der Waals surface area contributed by atoms with E-state index >= 15 is 0 Å². The molecule has 0 aromatic rings. The van der Waals surface area contributed by atoms with Crippen molar-refractivity contribution in [3.05, 3.63) is 0 Å². The van der Waals surface area contributed by atoms with E-state index in [1.807, 2.05) is 0 Å². The highest BCUT2D eigenvalue weighted by Crippen LogP contribution is 2.66. The van der Waals surface area contributed by atoms with Gasteiger partial charge in [0.1, 0.15) is 6.10 Å². The van der Waals surface area contributed by atoms with Crippen LogP contribution in [-0.2, 0) is 9.53 Å². The van der Waals surface area contributed by atoms with E-state index in [0.29, 0.717) is 5.41 Å². The van der Waals surface area contributed by atoms with Crippen LogP contribution in [-0.4, -0.2) is 12.1 Å². The van der Waals surface area contributed by atoms with Crippen molar-refractivity contribution in [2.75, 3.05) is 0 Å².